The van der Waals surface area contributed by atoms with Gasteiger partial charge in [-0.2, -0.15) is 0 Å². The Kier molecular flexibility index (Phi) is 1.96. The van der Waals surface area contributed by atoms with Crippen molar-refractivity contribution in [1.82, 2.24) is 10.1 Å². The minimum atomic E-state index is 0.570. The fourth-order valence-corrected chi connectivity index (χ4v) is 1.02. The van der Waals surface area contributed by atoms with E-state index in [1.54, 1.807) is 19.2 Å². The number of rotatable bonds is 2. The molecule has 0 spiro atoms. The highest BCUT2D eigenvalue weighted by Gasteiger charge is 2.02. The molecule has 0 radical (unpaired) electrons. The Morgan fingerprint density at radius 1 is 1.23 bits per heavy atom. The number of hydrogen-bond acceptors (Lipinski definition) is 4. The van der Waals surface area contributed by atoms with Gasteiger partial charge in [-0.05, 0) is 6.07 Å². The molecule has 0 aromatic carbocycles. The van der Waals surface area contributed by atoms with Crippen LogP contribution in [0.3, 0.4) is 0 Å². The molecule has 0 saturated carbocycles. The van der Waals surface area contributed by atoms with E-state index in [9.17, 15) is 0 Å². The lowest BCUT2D eigenvalue weighted by Gasteiger charge is -1.99. The van der Waals surface area contributed by atoms with Crippen molar-refractivity contribution in [3.05, 3.63) is 30.5 Å². The largest absolute Gasteiger partial charge is 0.481 e. The maximum Gasteiger partial charge on any atom is 0.213 e. The van der Waals surface area contributed by atoms with Gasteiger partial charge in [0, 0.05) is 12.1 Å². The maximum atomic E-state index is 4.98. The molecular formula is C9H8N2O2. The Hall–Kier alpha value is -1.84. The summed E-state index contributed by atoms with van der Waals surface area (Å²) >= 11 is 0. The van der Waals surface area contributed by atoms with Gasteiger partial charge in [0.05, 0.1) is 12.8 Å². The smallest absolute Gasteiger partial charge is 0.213 e. The van der Waals surface area contributed by atoms with E-state index in [2.05, 4.69) is 10.1 Å². The zero-order chi connectivity index (χ0) is 9.10. The molecule has 0 unspecified atom stereocenters. The predicted molar refractivity (Wildman–Crippen MR) is 46.3 cm³/mol. The average molecular weight is 176 g/mol. The van der Waals surface area contributed by atoms with Crippen molar-refractivity contribution < 1.29 is 9.26 Å². The van der Waals surface area contributed by atoms with E-state index >= 15 is 0 Å². The summed E-state index contributed by atoms with van der Waals surface area (Å²) in [5.74, 6) is 0.570. The molecule has 0 fully saturated rings. The summed E-state index contributed by atoms with van der Waals surface area (Å²) in [7, 11) is 1.58. The van der Waals surface area contributed by atoms with Crippen molar-refractivity contribution in [2.75, 3.05) is 7.11 Å². The summed E-state index contributed by atoms with van der Waals surface area (Å²) in [6.07, 6.45) is 1.51. The number of hydrogen-bond donors (Lipinski definition) is 0. The van der Waals surface area contributed by atoms with Gasteiger partial charge in [0.15, 0.2) is 0 Å². The minimum Gasteiger partial charge on any atom is -0.481 e. The molecule has 66 valence electrons. The van der Waals surface area contributed by atoms with Crippen LogP contribution < -0.4 is 4.74 Å². The molecule has 0 aliphatic heterocycles. The van der Waals surface area contributed by atoms with Crippen LogP contribution in [0.1, 0.15) is 0 Å². The minimum absolute atomic E-state index is 0.570. The Bertz CT molecular complexity index is 384. The summed E-state index contributed by atoms with van der Waals surface area (Å²) in [6, 6.07) is 7.24. The fraction of sp³-hybridized carbons (Fsp3) is 0.111. The van der Waals surface area contributed by atoms with E-state index in [0.29, 0.717) is 11.6 Å². The van der Waals surface area contributed by atoms with Crippen molar-refractivity contribution >= 4 is 0 Å². The second kappa shape index (κ2) is 3.26. The van der Waals surface area contributed by atoms with E-state index < -0.39 is 0 Å². The van der Waals surface area contributed by atoms with E-state index in [1.165, 1.54) is 6.26 Å². The van der Waals surface area contributed by atoms with E-state index in [4.69, 9.17) is 9.26 Å². The van der Waals surface area contributed by atoms with Gasteiger partial charge in [0.1, 0.15) is 12.0 Å². The molecular weight excluding hydrogens is 168 g/mol. The third kappa shape index (κ3) is 1.51. The molecule has 0 aliphatic rings. The summed E-state index contributed by atoms with van der Waals surface area (Å²) in [5, 5.41) is 3.77. The van der Waals surface area contributed by atoms with Crippen LogP contribution in [0.5, 0.6) is 5.88 Å². The maximum absolute atomic E-state index is 4.98. The molecule has 0 atom stereocenters. The molecule has 13 heavy (non-hydrogen) atoms. The molecule has 0 amide bonds. The Morgan fingerprint density at radius 3 is 2.85 bits per heavy atom. The summed E-state index contributed by atoms with van der Waals surface area (Å²) in [6.45, 7) is 0. The van der Waals surface area contributed by atoms with Crippen molar-refractivity contribution in [2.24, 2.45) is 0 Å². The van der Waals surface area contributed by atoms with Crippen LogP contribution in [0.15, 0.2) is 35.1 Å². The molecule has 2 rings (SSSR count). The highest BCUT2D eigenvalue weighted by atomic mass is 16.5. The van der Waals surface area contributed by atoms with Crippen molar-refractivity contribution in [3.63, 3.8) is 0 Å². The van der Waals surface area contributed by atoms with Crippen LogP contribution in [0.4, 0.5) is 0 Å². The number of ether oxygens (including phenoxy) is 1. The molecule has 2 aromatic rings. The van der Waals surface area contributed by atoms with Crippen molar-refractivity contribution in [1.29, 1.82) is 0 Å². The number of aromatic nitrogens is 2. The average Bonchev–Trinajstić information content (AvgIpc) is 2.71. The van der Waals surface area contributed by atoms with Crippen LogP contribution in [-0.2, 0) is 0 Å². The van der Waals surface area contributed by atoms with Gasteiger partial charge in [-0.25, -0.2) is 4.98 Å². The summed E-state index contributed by atoms with van der Waals surface area (Å²) in [4.78, 5) is 4.19. The lowest BCUT2D eigenvalue weighted by molar-refractivity contribution is 0.398. The molecule has 0 saturated heterocycles. The van der Waals surface area contributed by atoms with Gasteiger partial charge in [-0.3, -0.25) is 0 Å². The van der Waals surface area contributed by atoms with Crippen molar-refractivity contribution in [3.8, 4) is 17.3 Å². The zero-order valence-electron chi connectivity index (χ0n) is 7.10. The Balaban J connectivity index is 2.41. The van der Waals surface area contributed by atoms with E-state index in [-0.39, 0.29) is 0 Å². The zero-order valence-corrected chi connectivity index (χ0v) is 7.10. The second-order valence-corrected chi connectivity index (χ2v) is 2.45. The molecule has 0 N–H and O–H groups in total. The first-order chi connectivity index (χ1) is 6.40. The first-order valence-corrected chi connectivity index (χ1v) is 3.82. The molecule has 0 bridgehead atoms. The van der Waals surface area contributed by atoms with Gasteiger partial charge in [-0.15, -0.1) is 0 Å². The third-order valence-electron chi connectivity index (χ3n) is 1.63. The first kappa shape index (κ1) is 7.79. The van der Waals surface area contributed by atoms with E-state index in [1.807, 2.05) is 12.1 Å². The lowest BCUT2D eigenvalue weighted by atomic mass is 10.3. The number of methoxy groups -OCH3 is 1. The SMILES string of the molecule is COc1cccc(-c2ccon2)n1. The quantitative estimate of drug-likeness (QED) is 0.699. The monoisotopic (exact) mass is 176 g/mol. The first-order valence-electron chi connectivity index (χ1n) is 3.82. The summed E-state index contributed by atoms with van der Waals surface area (Å²) in [5.41, 5.74) is 1.45. The molecule has 2 heterocycles. The highest BCUT2D eigenvalue weighted by molar-refractivity contribution is 5.53. The predicted octanol–water partition coefficient (Wildman–Crippen LogP) is 1.75. The van der Waals surface area contributed by atoms with Crippen molar-refractivity contribution in [2.45, 2.75) is 0 Å². The fourth-order valence-electron chi connectivity index (χ4n) is 1.02. The highest BCUT2D eigenvalue weighted by Crippen LogP contribution is 2.16. The van der Waals surface area contributed by atoms with Gasteiger partial charge in [0.25, 0.3) is 0 Å². The Labute approximate surface area is 75.2 Å². The van der Waals surface area contributed by atoms with E-state index in [0.717, 1.165) is 5.69 Å². The van der Waals surface area contributed by atoms with Crippen LogP contribution in [0.25, 0.3) is 11.4 Å². The van der Waals surface area contributed by atoms with Crippen LogP contribution >= 0.6 is 0 Å². The second-order valence-electron chi connectivity index (χ2n) is 2.45. The van der Waals surface area contributed by atoms with Crippen LogP contribution in [-0.4, -0.2) is 17.3 Å². The molecule has 4 heteroatoms. The summed E-state index contributed by atoms with van der Waals surface area (Å²) < 4.78 is 9.69. The third-order valence-corrected chi connectivity index (χ3v) is 1.63. The van der Waals surface area contributed by atoms with Gasteiger partial charge < -0.3 is 9.26 Å². The molecule has 0 aliphatic carbocycles. The Morgan fingerprint density at radius 2 is 2.15 bits per heavy atom. The van der Waals surface area contributed by atoms with Crippen LogP contribution in [0, 0.1) is 0 Å². The van der Waals surface area contributed by atoms with Gasteiger partial charge in [0.2, 0.25) is 5.88 Å². The van der Waals surface area contributed by atoms with Gasteiger partial charge >= 0.3 is 0 Å². The topological polar surface area (TPSA) is 48.2 Å². The van der Waals surface area contributed by atoms with Crippen LogP contribution in [0.2, 0.25) is 0 Å². The normalized spacial score (nSPS) is 9.92. The van der Waals surface area contributed by atoms with Gasteiger partial charge in [-0.1, -0.05) is 11.2 Å². The number of nitrogens with zero attached hydrogens (tertiary/aromatic N) is 2. The lowest BCUT2D eigenvalue weighted by Crippen LogP contribution is -1.89. The molecule has 2 aromatic heterocycles. The number of pyridine rings is 1. The molecule has 4 nitrogen and oxygen atoms in total. The standard InChI is InChI=1S/C9H8N2O2/c1-12-9-4-2-3-7(10-9)8-5-6-13-11-8/h2-6H,1H3.